The van der Waals surface area contributed by atoms with E-state index in [1.807, 2.05) is 0 Å². The summed E-state index contributed by atoms with van der Waals surface area (Å²) in [6, 6.07) is 2.05. The van der Waals surface area contributed by atoms with Crippen molar-refractivity contribution in [2.75, 3.05) is 6.54 Å². The Balaban J connectivity index is 2.08. The van der Waals surface area contributed by atoms with Crippen LogP contribution < -0.4 is 5.32 Å². The molecule has 0 unspecified atom stereocenters. The number of rotatable bonds is 7. The van der Waals surface area contributed by atoms with Gasteiger partial charge in [0.2, 0.25) is 0 Å². The molecule has 0 aliphatic rings. The third-order valence-electron chi connectivity index (χ3n) is 3.88. The standard InChI is InChI=1S/C17H27N3O/c1-6-16-13(4)19-20(14(16)5)11-15-7-8-21-17(15)10-18-9-12(2)3/h7-8,12,18H,6,9-11H2,1-5H3. The van der Waals surface area contributed by atoms with Gasteiger partial charge >= 0.3 is 0 Å². The molecule has 0 fully saturated rings. The van der Waals surface area contributed by atoms with Gasteiger partial charge in [-0.2, -0.15) is 5.10 Å². The first kappa shape index (κ1) is 15.8. The fourth-order valence-corrected chi connectivity index (χ4v) is 2.70. The fraction of sp³-hybridized carbons (Fsp3) is 0.588. The molecule has 4 nitrogen and oxygen atoms in total. The fourth-order valence-electron chi connectivity index (χ4n) is 2.70. The molecule has 0 saturated carbocycles. The Bertz CT molecular complexity index is 581. The van der Waals surface area contributed by atoms with E-state index in [9.17, 15) is 0 Å². The molecular formula is C17H27N3O. The maximum absolute atomic E-state index is 5.62. The lowest BCUT2D eigenvalue weighted by atomic mass is 10.1. The minimum atomic E-state index is 0.645. The van der Waals surface area contributed by atoms with Gasteiger partial charge in [0.05, 0.1) is 25.0 Å². The first-order valence-electron chi connectivity index (χ1n) is 7.81. The van der Waals surface area contributed by atoms with E-state index in [1.54, 1.807) is 6.26 Å². The molecule has 0 atom stereocenters. The van der Waals surface area contributed by atoms with Crippen molar-refractivity contribution >= 4 is 0 Å². The molecule has 0 radical (unpaired) electrons. The number of nitrogens with zero attached hydrogens (tertiary/aromatic N) is 2. The summed E-state index contributed by atoms with van der Waals surface area (Å²) < 4.78 is 7.71. The number of furan rings is 1. The first-order valence-corrected chi connectivity index (χ1v) is 7.81. The SMILES string of the molecule is CCc1c(C)nn(Cc2ccoc2CNCC(C)C)c1C. The van der Waals surface area contributed by atoms with E-state index in [-0.39, 0.29) is 0 Å². The Hall–Kier alpha value is -1.55. The lowest BCUT2D eigenvalue weighted by Gasteiger charge is -2.08. The van der Waals surface area contributed by atoms with Crippen molar-refractivity contribution < 1.29 is 4.42 Å². The lowest BCUT2D eigenvalue weighted by molar-refractivity contribution is 0.457. The van der Waals surface area contributed by atoms with Gasteiger partial charge in [0, 0.05) is 11.3 Å². The topological polar surface area (TPSA) is 43.0 Å². The van der Waals surface area contributed by atoms with E-state index in [0.717, 1.165) is 37.5 Å². The molecule has 0 aliphatic carbocycles. The molecule has 0 aliphatic heterocycles. The van der Waals surface area contributed by atoms with Crippen LogP contribution in [0.5, 0.6) is 0 Å². The van der Waals surface area contributed by atoms with Crippen molar-refractivity contribution in [1.82, 2.24) is 15.1 Å². The maximum atomic E-state index is 5.62. The van der Waals surface area contributed by atoms with Crippen molar-refractivity contribution in [2.45, 2.75) is 54.1 Å². The van der Waals surface area contributed by atoms with Crippen LogP contribution in [0.3, 0.4) is 0 Å². The molecule has 2 rings (SSSR count). The Morgan fingerprint density at radius 3 is 2.71 bits per heavy atom. The zero-order valence-electron chi connectivity index (χ0n) is 13.9. The third kappa shape index (κ3) is 3.76. The van der Waals surface area contributed by atoms with Crippen molar-refractivity contribution in [3.05, 3.63) is 40.6 Å². The number of hydrogen-bond donors (Lipinski definition) is 1. The molecule has 0 amide bonds. The normalized spacial score (nSPS) is 11.5. The van der Waals surface area contributed by atoms with Gasteiger partial charge in [0.25, 0.3) is 0 Å². The Morgan fingerprint density at radius 1 is 1.33 bits per heavy atom. The highest BCUT2D eigenvalue weighted by Gasteiger charge is 2.13. The number of aromatic nitrogens is 2. The predicted octanol–water partition coefficient (Wildman–Crippen LogP) is 3.45. The molecule has 0 spiro atoms. The molecule has 2 aromatic heterocycles. The van der Waals surface area contributed by atoms with Crippen LogP contribution in [0.15, 0.2) is 16.7 Å². The lowest BCUT2D eigenvalue weighted by Crippen LogP contribution is -2.19. The van der Waals surface area contributed by atoms with Gasteiger partial charge in [-0.25, -0.2) is 0 Å². The van der Waals surface area contributed by atoms with Crippen LogP contribution >= 0.6 is 0 Å². The summed E-state index contributed by atoms with van der Waals surface area (Å²) in [7, 11) is 0. The Labute approximate surface area is 127 Å². The van der Waals surface area contributed by atoms with Crippen molar-refractivity contribution in [2.24, 2.45) is 5.92 Å². The smallest absolute Gasteiger partial charge is 0.122 e. The van der Waals surface area contributed by atoms with E-state index in [4.69, 9.17) is 4.42 Å². The van der Waals surface area contributed by atoms with Crippen molar-refractivity contribution in [3.8, 4) is 0 Å². The molecule has 2 aromatic rings. The van der Waals surface area contributed by atoms with E-state index in [0.29, 0.717) is 5.92 Å². The summed E-state index contributed by atoms with van der Waals surface area (Å²) in [5, 5.41) is 8.09. The van der Waals surface area contributed by atoms with Crippen LogP contribution in [0.4, 0.5) is 0 Å². The molecule has 0 aromatic carbocycles. The van der Waals surface area contributed by atoms with Crippen LogP contribution in [0.25, 0.3) is 0 Å². The zero-order chi connectivity index (χ0) is 15.4. The highest BCUT2D eigenvalue weighted by Crippen LogP contribution is 2.17. The molecule has 116 valence electrons. The largest absolute Gasteiger partial charge is 0.468 e. The predicted molar refractivity (Wildman–Crippen MR) is 85.4 cm³/mol. The Kier molecular flexibility index (Phi) is 5.23. The van der Waals surface area contributed by atoms with Crippen molar-refractivity contribution in [1.29, 1.82) is 0 Å². The van der Waals surface area contributed by atoms with Crippen LogP contribution in [-0.4, -0.2) is 16.3 Å². The molecule has 4 heteroatoms. The first-order chi connectivity index (χ1) is 10.0. The van der Waals surface area contributed by atoms with E-state index >= 15 is 0 Å². The summed E-state index contributed by atoms with van der Waals surface area (Å²) in [6.45, 7) is 13.4. The second-order valence-electron chi connectivity index (χ2n) is 6.05. The van der Waals surface area contributed by atoms with Crippen LogP contribution in [0.2, 0.25) is 0 Å². The molecule has 2 heterocycles. The second-order valence-corrected chi connectivity index (χ2v) is 6.05. The molecular weight excluding hydrogens is 262 g/mol. The average molecular weight is 289 g/mol. The minimum absolute atomic E-state index is 0.645. The minimum Gasteiger partial charge on any atom is -0.468 e. The highest BCUT2D eigenvalue weighted by molar-refractivity contribution is 5.26. The van der Waals surface area contributed by atoms with Gasteiger partial charge in [0.15, 0.2) is 0 Å². The van der Waals surface area contributed by atoms with Gasteiger partial charge in [-0.3, -0.25) is 4.68 Å². The summed E-state index contributed by atoms with van der Waals surface area (Å²) in [4.78, 5) is 0. The Morgan fingerprint density at radius 2 is 2.10 bits per heavy atom. The highest BCUT2D eigenvalue weighted by atomic mass is 16.3. The third-order valence-corrected chi connectivity index (χ3v) is 3.88. The molecule has 0 bridgehead atoms. The summed E-state index contributed by atoms with van der Waals surface area (Å²) in [6.07, 6.45) is 2.81. The van der Waals surface area contributed by atoms with Gasteiger partial charge in [-0.15, -0.1) is 0 Å². The summed E-state index contributed by atoms with van der Waals surface area (Å²) >= 11 is 0. The van der Waals surface area contributed by atoms with Gasteiger partial charge in [-0.1, -0.05) is 20.8 Å². The quantitative estimate of drug-likeness (QED) is 0.849. The molecule has 0 saturated heterocycles. The van der Waals surface area contributed by atoms with Gasteiger partial charge in [0.1, 0.15) is 5.76 Å². The zero-order valence-corrected chi connectivity index (χ0v) is 13.9. The van der Waals surface area contributed by atoms with Crippen LogP contribution in [0, 0.1) is 19.8 Å². The number of hydrogen-bond acceptors (Lipinski definition) is 3. The molecule has 21 heavy (non-hydrogen) atoms. The van der Waals surface area contributed by atoms with Gasteiger partial charge < -0.3 is 9.73 Å². The van der Waals surface area contributed by atoms with Gasteiger partial charge in [-0.05, 0) is 44.4 Å². The summed E-state index contributed by atoms with van der Waals surface area (Å²) in [5.74, 6) is 1.66. The maximum Gasteiger partial charge on any atom is 0.122 e. The van der Waals surface area contributed by atoms with Crippen LogP contribution in [-0.2, 0) is 19.5 Å². The van der Waals surface area contributed by atoms with Crippen molar-refractivity contribution in [3.63, 3.8) is 0 Å². The summed E-state index contributed by atoms with van der Waals surface area (Å²) in [5.41, 5.74) is 4.97. The molecule has 1 N–H and O–H groups in total. The second kappa shape index (κ2) is 6.94. The number of nitrogens with one attached hydrogen (secondary N) is 1. The van der Waals surface area contributed by atoms with E-state index in [2.05, 4.69) is 55.8 Å². The monoisotopic (exact) mass is 289 g/mol. The van der Waals surface area contributed by atoms with E-state index in [1.165, 1.54) is 16.8 Å². The number of aryl methyl sites for hydroxylation is 1. The average Bonchev–Trinajstić information content (AvgIpc) is 2.95. The van der Waals surface area contributed by atoms with Crippen LogP contribution in [0.1, 0.15) is 49.0 Å². The van der Waals surface area contributed by atoms with E-state index < -0.39 is 0 Å².